The molecule has 0 saturated carbocycles. The van der Waals surface area contributed by atoms with Gasteiger partial charge in [0.15, 0.2) is 0 Å². The third-order valence-corrected chi connectivity index (χ3v) is 6.67. The number of H-pyrrole nitrogens is 1. The Balaban J connectivity index is 1.51. The molecule has 4 aromatic rings. The second kappa shape index (κ2) is 13.0. The quantitative estimate of drug-likeness (QED) is 0.274. The number of benzene rings is 3. The lowest BCUT2D eigenvalue weighted by molar-refractivity contribution is -0.141. The number of hydrogen-bond acceptors (Lipinski definition) is 3. The first kappa shape index (κ1) is 27.0. The van der Waals surface area contributed by atoms with Crippen LogP contribution in [0.4, 0.5) is 0 Å². The first-order chi connectivity index (χ1) is 18.4. The summed E-state index contributed by atoms with van der Waals surface area (Å²) in [7, 11) is 1.64. The van der Waals surface area contributed by atoms with E-state index in [1.807, 2.05) is 77.8 Å². The zero-order valence-electron chi connectivity index (χ0n) is 22.5. The summed E-state index contributed by atoms with van der Waals surface area (Å²) in [6, 6.07) is 25.7. The molecular weight excluding hydrogens is 474 g/mol. The number of nitrogens with zero attached hydrogens (tertiary/aromatic N) is 2. The molecule has 0 unspecified atom stereocenters. The molecular formula is C32H37N3O3. The Kier molecular flexibility index (Phi) is 9.20. The molecule has 0 spiro atoms. The summed E-state index contributed by atoms with van der Waals surface area (Å²) in [6.07, 6.45) is 3.03. The summed E-state index contributed by atoms with van der Waals surface area (Å²) in [5.41, 5.74) is 4.23. The van der Waals surface area contributed by atoms with E-state index in [-0.39, 0.29) is 30.7 Å². The molecule has 0 aliphatic carbocycles. The molecule has 0 saturated heterocycles. The molecule has 2 amide bonds. The van der Waals surface area contributed by atoms with Crippen LogP contribution in [-0.4, -0.2) is 53.3 Å². The van der Waals surface area contributed by atoms with Crippen LogP contribution >= 0.6 is 0 Å². The lowest BCUT2D eigenvalue weighted by Crippen LogP contribution is -2.45. The van der Waals surface area contributed by atoms with E-state index in [0.717, 1.165) is 22.4 Å². The Labute approximate surface area is 225 Å². The second-order valence-corrected chi connectivity index (χ2v) is 10.1. The van der Waals surface area contributed by atoms with Crippen LogP contribution in [0.2, 0.25) is 0 Å². The van der Waals surface area contributed by atoms with Crippen molar-refractivity contribution in [1.29, 1.82) is 0 Å². The van der Waals surface area contributed by atoms with Gasteiger partial charge in [-0.3, -0.25) is 9.59 Å². The van der Waals surface area contributed by atoms with Crippen LogP contribution < -0.4 is 4.74 Å². The van der Waals surface area contributed by atoms with Crippen molar-refractivity contribution in [3.63, 3.8) is 0 Å². The average molecular weight is 512 g/mol. The monoisotopic (exact) mass is 511 g/mol. The number of fused-ring (bicyclic) bond motifs is 1. The van der Waals surface area contributed by atoms with Gasteiger partial charge in [-0.1, -0.05) is 74.5 Å². The molecule has 1 heterocycles. The van der Waals surface area contributed by atoms with Crippen molar-refractivity contribution in [3.05, 3.63) is 102 Å². The SMILES string of the molecule is COc1ccc(CN(CCc2c[nH]c3ccccc23)C(=O)CN(CC(C)C)C(=O)Cc2ccccc2)cc1. The molecule has 0 aliphatic heterocycles. The number of rotatable bonds is 12. The topological polar surface area (TPSA) is 65.6 Å². The number of para-hydroxylation sites is 1. The van der Waals surface area contributed by atoms with E-state index in [0.29, 0.717) is 26.1 Å². The summed E-state index contributed by atoms with van der Waals surface area (Å²) in [4.78, 5) is 33.9. The lowest BCUT2D eigenvalue weighted by Gasteiger charge is -2.29. The maximum Gasteiger partial charge on any atom is 0.242 e. The van der Waals surface area contributed by atoms with Gasteiger partial charge in [-0.2, -0.15) is 0 Å². The predicted molar refractivity (Wildman–Crippen MR) is 152 cm³/mol. The Bertz CT molecular complexity index is 1330. The fourth-order valence-corrected chi connectivity index (χ4v) is 4.68. The average Bonchev–Trinajstić information content (AvgIpc) is 3.34. The van der Waals surface area contributed by atoms with Gasteiger partial charge in [0.2, 0.25) is 11.8 Å². The highest BCUT2D eigenvalue weighted by atomic mass is 16.5. The van der Waals surface area contributed by atoms with E-state index in [2.05, 4.69) is 31.0 Å². The van der Waals surface area contributed by atoms with E-state index in [1.54, 1.807) is 12.0 Å². The number of ether oxygens (including phenoxy) is 1. The highest BCUT2D eigenvalue weighted by molar-refractivity contribution is 5.86. The molecule has 198 valence electrons. The van der Waals surface area contributed by atoms with Gasteiger partial charge in [0, 0.05) is 36.7 Å². The van der Waals surface area contributed by atoms with Crippen molar-refractivity contribution in [3.8, 4) is 5.75 Å². The third kappa shape index (κ3) is 7.25. The number of nitrogens with one attached hydrogen (secondary N) is 1. The minimum Gasteiger partial charge on any atom is -0.497 e. The lowest BCUT2D eigenvalue weighted by atomic mass is 10.1. The molecule has 0 fully saturated rings. The number of hydrogen-bond donors (Lipinski definition) is 1. The van der Waals surface area contributed by atoms with Gasteiger partial charge in [-0.05, 0) is 47.2 Å². The highest BCUT2D eigenvalue weighted by Gasteiger charge is 2.23. The zero-order valence-corrected chi connectivity index (χ0v) is 22.5. The van der Waals surface area contributed by atoms with E-state index in [9.17, 15) is 9.59 Å². The fraction of sp³-hybridized carbons (Fsp3) is 0.312. The fourth-order valence-electron chi connectivity index (χ4n) is 4.68. The molecule has 6 nitrogen and oxygen atoms in total. The van der Waals surface area contributed by atoms with Crippen LogP contribution in [-0.2, 0) is 29.0 Å². The van der Waals surface area contributed by atoms with E-state index in [4.69, 9.17) is 4.74 Å². The number of methoxy groups -OCH3 is 1. The van der Waals surface area contributed by atoms with Crippen molar-refractivity contribution in [2.45, 2.75) is 33.2 Å². The van der Waals surface area contributed by atoms with Gasteiger partial charge >= 0.3 is 0 Å². The maximum absolute atomic E-state index is 13.7. The van der Waals surface area contributed by atoms with Gasteiger partial charge in [0.25, 0.3) is 0 Å². The van der Waals surface area contributed by atoms with Crippen molar-refractivity contribution < 1.29 is 14.3 Å². The Morgan fingerprint density at radius 1 is 0.842 bits per heavy atom. The summed E-state index contributed by atoms with van der Waals surface area (Å²) in [6.45, 7) is 5.76. The normalized spacial score (nSPS) is 11.1. The first-order valence-corrected chi connectivity index (χ1v) is 13.2. The molecule has 1 aromatic heterocycles. The zero-order chi connectivity index (χ0) is 26.9. The number of carbonyl (C=O) groups excluding carboxylic acids is 2. The highest BCUT2D eigenvalue weighted by Crippen LogP contribution is 2.20. The molecule has 1 N–H and O–H groups in total. The second-order valence-electron chi connectivity index (χ2n) is 10.1. The van der Waals surface area contributed by atoms with Crippen LogP contribution in [0, 0.1) is 5.92 Å². The molecule has 38 heavy (non-hydrogen) atoms. The van der Waals surface area contributed by atoms with Crippen LogP contribution in [0.3, 0.4) is 0 Å². The number of aromatic nitrogens is 1. The Morgan fingerprint density at radius 3 is 2.26 bits per heavy atom. The van der Waals surface area contributed by atoms with Crippen molar-refractivity contribution in [2.24, 2.45) is 5.92 Å². The number of carbonyl (C=O) groups is 2. The first-order valence-electron chi connectivity index (χ1n) is 13.2. The Hall–Kier alpha value is -4.06. The molecule has 0 radical (unpaired) electrons. The van der Waals surface area contributed by atoms with Gasteiger partial charge in [0.05, 0.1) is 20.1 Å². The van der Waals surface area contributed by atoms with E-state index >= 15 is 0 Å². The molecule has 0 bridgehead atoms. The molecule has 6 heteroatoms. The van der Waals surface area contributed by atoms with Crippen LogP contribution in [0.1, 0.15) is 30.5 Å². The summed E-state index contributed by atoms with van der Waals surface area (Å²) >= 11 is 0. The van der Waals surface area contributed by atoms with Gasteiger partial charge in [-0.15, -0.1) is 0 Å². The summed E-state index contributed by atoms with van der Waals surface area (Å²) < 4.78 is 5.30. The molecule has 3 aromatic carbocycles. The molecule has 0 aliphatic rings. The van der Waals surface area contributed by atoms with Crippen LogP contribution in [0.15, 0.2) is 85.1 Å². The summed E-state index contributed by atoms with van der Waals surface area (Å²) in [5.74, 6) is 0.950. The smallest absolute Gasteiger partial charge is 0.242 e. The van der Waals surface area contributed by atoms with Crippen molar-refractivity contribution >= 4 is 22.7 Å². The van der Waals surface area contributed by atoms with Crippen molar-refractivity contribution in [2.75, 3.05) is 26.7 Å². The third-order valence-electron chi connectivity index (χ3n) is 6.67. The minimum atomic E-state index is -0.0530. The number of aromatic amines is 1. The van der Waals surface area contributed by atoms with Gasteiger partial charge in [0.1, 0.15) is 5.75 Å². The molecule has 4 rings (SSSR count). The van der Waals surface area contributed by atoms with Gasteiger partial charge in [-0.25, -0.2) is 0 Å². The Morgan fingerprint density at radius 2 is 1.55 bits per heavy atom. The minimum absolute atomic E-state index is 0.0284. The maximum atomic E-state index is 13.7. The van der Waals surface area contributed by atoms with Crippen molar-refractivity contribution in [1.82, 2.24) is 14.8 Å². The number of amides is 2. The van der Waals surface area contributed by atoms with E-state index < -0.39 is 0 Å². The summed E-state index contributed by atoms with van der Waals surface area (Å²) in [5, 5.41) is 1.17. The standard InChI is InChI=1S/C32H37N3O3/c1-24(2)21-35(31(36)19-25-9-5-4-6-10-25)23-32(37)34(22-26-13-15-28(38-3)16-14-26)18-17-27-20-33-30-12-8-7-11-29(27)30/h4-16,20,24,33H,17-19,21-23H2,1-3H3. The van der Waals surface area contributed by atoms with Gasteiger partial charge < -0.3 is 19.5 Å². The van der Waals surface area contributed by atoms with Crippen LogP contribution in [0.5, 0.6) is 5.75 Å². The van der Waals surface area contributed by atoms with Crippen LogP contribution in [0.25, 0.3) is 10.9 Å². The predicted octanol–water partition coefficient (Wildman–Crippen LogP) is 5.48. The largest absolute Gasteiger partial charge is 0.497 e. The van der Waals surface area contributed by atoms with E-state index in [1.165, 1.54) is 10.9 Å². The molecule has 0 atom stereocenters.